The van der Waals surface area contributed by atoms with E-state index in [4.69, 9.17) is 4.74 Å². The van der Waals surface area contributed by atoms with E-state index < -0.39 is 11.9 Å². The molecule has 1 unspecified atom stereocenters. The summed E-state index contributed by atoms with van der Waals surface area (Å²) < 4.78 is 20.4. The van der Waals surface area contributed by atoms with E-state index in [1.165, 1.54) is 12.1 Å². The number of amides is 1. The Morgan fingerprint density at radius 2 is 2.00 bits per heavy atom. The van der Waals surface area contributed by atoms with Crippen LogP contribution in [0.15, 0.2) is 53.0 Å². The van der Waals surface area contributed by atoms with Crippen LogP contribution in [0.5, 0.6) is 5.75 Å². The summed E-state index contributed by atoms with van der Waals surface area (Å²) in [6.07, 6.45) is -0.894. The Hall–Kier alpha value is -1.63. The summed E-state index contributed by atoms with van der Waals surface area (Å²) in [6, 6.07) is 13.6. The molecule has 1 saturated heterocycles. The van der Waals surface area contributed by atoms with Crippen LogP contribution >= 0.6 is 28.3 Å². The second-order valence-corrected chi connectivity index (χ2v) is 6.67. The first-order chi connectivity index (χ1) is 11.6. The van der Waals surface area contributed by atoms with Gasteiger partial charge >= 0.3 is 0 Å². The fourth-order valence-electron chi connectivity index (χ4n) is 2.43. The van der Waals surface area contributed by atoms with Crippen molar-refractivity contribution in [3.63, 3.8) is 0 Å². The van der Waals surface area contributed by atoms with Crippen LogP contribution in [0.3, 0.4) is 0 Å². The lowest BCUT2D eigenvalue weighted by Crippen LogP contribution is -2.49. The number of ether oxygens (including phenoxy) is 1. The summed E-state index contributed by atoms with van der Waals surface area (Å²) in [5, 5.41) is 6.06. The molecule has 0 radical (unpaired) electrons. The van der Waals surface area contributed by atoms with Gasteiger partial charge in [-0.05, 0) is 18.2 Å². The fraction of sp³-hybridized carbons (Fsp3) is 0.278. The maximum atomic E-state index is 14.1. The summed E-state index contributed by atoms with van der Waals surface area (Å²) in [4.78, 5) is 12.6. The molecular formula is C18H19BrClFN2O2. The summed E-state index contributed by atoms with van der Waals surface area (Å²) in [6.45, 7) is 2.39. The average Bonchev–Trinajstić information content (AvgIpc) is 2.53. The van der Waals surface area contributed by atoms with E-state index in [1.807, 2.05) is 18.2 Å². The number of carbonyl (C=O) groups is 1. The minimum Gasteiger partial charge on any atom is -0.473 e. The minimum absolute atomic E-state index is 0. The Balaban J connectivity index is 0.00000225. The molecule has 2 aromatic carbocycles. The maximum absolute atomic E-state index is 14.1. The molecule has 0 aromatic heterocycles. The number of benzene rings is 2. The molecule has 1 heterocycles. The third-order valence-electron chi connectivity index (χ3n) is 3.91. The van der Waals surface area contributed by atoms with E-state index in [2.05, 4.69) is 26.6 Å². The third kappa shape index (κ3) is 5.17. The SMILES string of the molecule is Cl.O=C(NCC1CNC1)C(Oc1ccc(Br)cc1F)c1ccccc1. The molecule has 1 aliphatic heterocycles. The van der Waals surface area contributed by atoms with E-state index in [-0.39, 0.29) is 24.1 Å². The summed E-state index contributed by atoms with van der Waals surface area (Å²) in [5.41, 5.74) is 0.684. The Morgan fingerprint density at radius 1 is 1.28 bits per heavy atom. The lowest BCUT2D eigenvalue weighted by molar-refractivity contribution is -0.128. The molecule has 0 bridgehead atoms. The van der Waals surface area contributed by atoms with Gasteiger partial charge in [0.15, 0.2) is 11.6 Å². The van der Waals surface area contributed by atoms with Gasteiger partial charge in [-0.2, -0.15) is 0 Å². The highest BCUT2D eigenvalue weighted by Crippen LogP contribution is 2.27. The average molecular weight is 430 g/mol. The smallest absolute Gasteiger partial charge is 0.265 e. The van der Waals surface area contributed by atoms with E-state index >= 15 is 0 Å². The van der Waals surface area contributed by atoms with Crippen LogP contribution in [0.25, 0.3) is 0 Å². The summed E-state index contributed by atoms with van der Waals surface area (Å²) >= 11 is 3.21. The molecule has 0 spiro atoms. The zero-order valence-electron chi connectivity index (χ0n) is 13.4. The molecule has 4 nitrogen and oxygen atoms in total. The van der Waals surface area contributed by atoms with Gasteiger partial charge in [0, 0.05) is 35.6 Å². The van der Waals surface area contributed by atoms with Crippen molar-refractivity contribution in [2.75, 3.05) is 19.6 Å². The minimum atomic E-state index is -0.894. The number of halogens is 3. The molecule has 0 saturated carbocycles. The van der Waals surface area contributed by atoms with Gasteiger partial charge in [-0.25, -0.2) is 4.39 Å². The zero-order chi connectivity index (χ0) is 16.9. The highest BCUT2D eigenvalue weighted by molar-refractivity contribution is 9.10. The van der Waals surface area contributed by atoms with Gasteiger partial charge in [-0.3, -0.25) is 4.79 Å². The second kappa shape index (κ2) is 9.17. The molecule has 2 aromatic rings. The van der Waals surface area contributed by atoms with Crippen LogP contribution in [0, 0.1) is 11.7 Å². The van der Waals surface area contributed by atoms with Crippen LogP contribution in [-0.4, -0.2) is 25.5 Å². The van der Waals surface area contributed by atoms with Crippen molar-refractivity contribution in [3.8, 4) is 5.75 Å². The van der Waals surface area contributed by atoms with Crippen molar-refractivity contribution in [1.29, 1.82) is 0 Å². The molecule has 7 heteroatoms. The van der Waals surface area contributed by atoms with Crippen molar-refractivity contribution in [2.24, 2.45) is 5.92 Å². The van der Waals surface area contributed by atoms with Crippen molar-refractivity contribution < 1.29 is 13.9 Å². The van der Waals surface area contributed by atoms with Crippen LogP contribution in [-0.2, 0) is 4.79 Å². The normalized spacial score (nSPS) is 14.8. The van der Waals surface area contributed by atoms with Crippen LogP contribution in [0.4, 0.5) is 4.39 Å². The van der Waals surface area contributed by atoms with Crippen molar-refractivity contribution in [2.45, 2.75) is 6.10 Å². The zero-order valence-corrected chi connectivity index (χ0v) is 15.8. The molecule has 1 aliphatic rings. The molecule has 3 rings (SSSR count). The van der Waals surface area contributed by atoms with Gasteiger partial charge in [0.2, 0.25) is 6.10 Å². The van der Waals surface area contributed by atoms with Crippen molar-refractivity contribution >= 4 is 34.2 Å². The first-order valence-electron chi connectivity index (χ1n) is 7.78. The molecular weight excluding hydrogens is 411 g/mol. The van der Waals surface area contributed by atoms with Gasteiger partial charge in [0.05, 0.1) is 0 Å². The molecule has 1 atom stereocenters. The predicted octanol–water partition coefficient (Wildman–Crippen LogP) is 3.47. The molecule has 25 heavy (non-hydrogen) atoms. The molecule has 134 valence electrons. The first-order valence-corrected chi connectivity index (χ1v) is 8.58. The van der Waals surface area contributed by atoms with Crippen LogP contribution in [0.1, 0.15) is 11.7 Å². The highest BCUT2D eigenvalue weighted by Gasteiger charge is 2.25. The fourth-order valence-corrected chi connectivity index (χ4v) is 2.76. The highest BCUT2D eigenvalue weighted by atomic mass is 79.9. The number of nitrogens with one attached hydrogen (secondary N) is 2. The number of carbonyl (C=O) groups excluding carboxylic acids is 1. The van der Waals surface area contributed by atoms with Gasteiger partial charge < -0.3 is 15.4 Å². The monoisotopic (exact) mass is 428 g/mol. The van der Waals surface area contributed by atoms with E-state index in [0.717, 1.165) is 13.1 Å². The Kier molecular flexibility index (Phi) is 7.23. The predicted molar refractivity (Wildman–Crippen MR) is 101 cm³/mol. The van der Waals surface area contributed by atoms with Gasteiger partial charge in [-0.1, -0.05) is 46.3 Å². The molecule has 2 N–H and O–H groups in total. The van der Waals surface area contributed by atoms with Crippen LogP contribution in [0.2, 0.25) is 0 Å². The maximum Gasteiger partial charge on any atom is 0.265 e. The Bertz CT molecular complexity index is 713. The number of hydrogen-bond donors (Lipinski definition) is 2. The molecule has 1 fully saturated rings. The standard InChI is InChI=1S/C18H18BrFN2O2.ClH/c19-14-6-7-16(15(20)8-14)24-17(13-4-2-1-3-5-13)18(23)22-11-12-9-21-10-12;/h1-8,12,17,21H,9-11H2,(H,22,23);1H. The second-order valence-electron chi connectivity index (χ2n) is 5.75. The van der Waals surface area contributed by atoms with E-state index in [0.29, 0.717) is 22.5 Å². The van der Waals surface area contributed by atoms with E-state index in [1.54, 1.807) is 18.2 Å². The first kappa shape index (κ1) is 19.7. The van der Waals surface area contributed by atoms with E-state index in [9.17, 15) is 9.18 Å². The number of hydrogen-bond acceptors (Lipinski definition) is 3. The summed E-state index contributed by atoms with van der Waals surface area (Å²) in [5.74, 6) is -0.293. The van der Waals surface area contributed by atoms with Crippen molar-refractivity contribution in [3.05, 3.63) is 64.4 Å². The van der Waals surface area contributed by atoms with Gasteiger partial charge in [0.1, 0.15) is 0 Å². The summed E-state index contributed by atoms with van der Waals surface area (Å²) in [7, 11) is 0. The molecule has 0 aliphatic carbocycles. The Morgan fingerprint density at radius 3 is 2.60 bits per heavy atom. The third-order valence-corrected chi connectivity index (χ3v) is 4.40. The quantitative estimate of drug-likeness (QED) is 0.739. The lowest BCUT2D eigenvalue weighted by Gasteiger charge is -2.28. The van der Waals surface area contributed by atoms with Gasteiger partial charge in [-0.15, -0.1) is 12.4 Å². The topological polar surface area (TPSA) is 50.4 Å². The molecule has 1 amide bonds. The van der Waals surface area contributed by atoms with Crippen molar-refractivity contribution in [1.82, 2.24) is 10.6 Å². The van der Waals surface area contributed by atoms with Gasteiger partial charge in [0.25, 0.3) is 5.91 Å². The lowest BCUT2D eigenvalue weighted by atomic mass is 10.0. The largest absolute Gasteiger partial charge is 0.473 e. The Labute approximate surface area is 160 Å². The van der Waals surface area contributed by atoms with Crippen LogP contribution < -0.4 is 15.4 Å². The number of rotatable bonds is 6.